The van der Waals surface area contributed by atoms with Crippen LogP contribution in [0.25, 0.3) is 0 Å². The fourth-order valence-electron chi connectivity index (χ4n) is 1.74. The summed E-state index contributed by atoms with van der Waals surface area (Å²) >= 11 is 7.53. The van der Waals surface area contributed by atoms with Crippen molar-refractivity contribution < 1.29 is 9.47 Å². The maximum atomic E-state index is 5.90. The van der Waals surface area contributed by atoms with Crippen molar-refractivity contribution in [2.45, 2.75) is 18.1 Å². The summed E-state index contributed by atoms with van der Waals surface area (Å²) in [4.78, 5) is 0. The lowest BCUT2D eigenvalue weighted by molar-refractivity contribution is 0.189. The molecule has 7 heteroatoms. The number of rotatable bonds is 9. The van der Waals surface area contributed by atoms with Gasteiger partial charge in [-0.25, -0.2) is 0 Å². The third-order valence-electron chi connectivity index (χ3n) is 2.71. The first-order valence-electron chi connectivity index (χ1n) is 6.67. The van der Waals surface area contributed by atoms with Crippen molar-refractivity contribution in [1.29, 1.82) is 0 Å². The highest BCUT2D eigenvalue weighted by molar-refractivity contribution is 7.99. The molecule has 2 rings (SSSR count). The quantitative estimate of drug-likeness (QED) is 0.523. The van der Waals surface area contributed by atoms with Gasteiger partial charge in [0.15, 0.2) is 5.16 Å². The van der Waals surface area contributed by atoms with Gasteiger partial charge < -0.3 is 14.0 Å². The van der Waals surface area contributed by atoms with Crippen LogP contribution in [-0.4, -0.2) is 40.8 Å². The standard InChI is InChI=1S/C14H18ClN3O2S/c1-19-7-3-6-18-11-16-17-14(18)21-9-8-20-13-5-2-4-12(15)10-13/h2,4-5,10-11H,3,6-9H2,1H3. The monoisotopic (exact) mass is 327 g/mol. The van der Waals surface area contributed by atoms with Gasteiger partial charge in [-0.15, -0.1) is 10.2 Å². The van der Waals surface area contributed by atoms with Gasteiger partial charge in [-0.2, -0.15) is 0 Å². The zero-order chi connectivity index (χ0) is 14.9. The summed E-state index contributed by atoms with van der Waals surface area (Å²) in [6.07, 6.45) is 2.69. The van der Waals surface area contributed by atoms with Crippen molar-refractivity contribution in [3.63, 3.8) is 0 Å². The molecule has 0 aliphatic carbocycles. The smallest absolute Gasteiger partial charge is 0.191 e. The van der Waals surface area contributed by atoms with Crippen LogP contribution in [0.2, 0.25) is 5.02 Å². The number of aryl methyl sites for hydroxylation is 1. The molecule has 0 saturated heterocycles. The Hall–Kier alpha value is -1.24. The van der Waals surface area contributed by atoms with Crippen LogP contribution < -0.4 is 4.74 Å². The van der Waals surface area contributed by atoms with E-state index in [0.717, 1.165) is 36.2 Å². The molecule has 5 nitrogen and oxygen atoms in total. The van der Waals surface area contributed by atoms with Crippen LogP contribution in [0, 0.1) is 0 Å². The van der Waals surface area contributed by atoms with Crippen LogP contribution in [0.5, 0.6) is 5.75 Å². The molecule has 114 valence electrons. The lowest BCUT2D eigenvalue weighted by Gasteiger charge is -2.07. The molecule has 1 aromatic carbocycles. The molecule has 1 aromatic heterocycles. The van der Waals surface area contributed by atoms with E-state index in [-0.39, 0.29) is 0 Å². The predicted octanol–water partition coefficient (Wildman–Crippen LogP) is 3.14. The molecule has 0 radical (unpaired) electrons. The first kappa shape index (κ1) is 16.1. The van der Waals surface area contributed by atoms with Crippen LogP contribution in [0.15, 0.2) is 35.7 Å². The summed E-state index contributed by atoms with van der Waals surface area (Å²) in [5, 5.41) is 9.64. The van der Waals surface area contributed by atoms with E-state index in [0.29, 0.717) is 11.6 Å². The second-order valence-corrected chi connectivity index (χ2v) is 5.81. The van der Waals surface area contributed by atoms with Crippen LogP contribution >= 0.6 is 23.4 Å². The van der Waals surface area contributed by atoms with Crippen molar-refractivity contribution >= 4 is 23.4 Å². The maximum Gasteiger partial charge on any atom is 0.191 e. The first-order chi connectivity index (χ1) is 10.3. The fraction of sp³-hybridized carbons (Fsp3) is 0.429. The van der Waals surface area contributed by atoms with Crippen molar-refractivity contribution in [3.05, 3.63) is 35.6 Å². The molecule has 0 aliphatic heterocycles. The van der Waals surface area contributed by atoms with Crippen LogP contribution in [-0.2, 0) is 11.3 Å². The Labute approximate surface area is 133 Å². The van der Waals surface area contributed by atoms with Crippen LogP contribution in [0.4, 0.5) is 0 Å². The highest BCUT2D eigenvalue weighted by atomic mass is 35.5. The molecule has 0 spiro atoms. The Kier molecular flexibility index (Phi) is 6.85. The molecular formula is C14H18ClN3O2S. The number of benzene rings is 1. The second-order valence-electron chi connectivity index (χ2n) is 4.31. The second kappa shape index (κ2) is 8.92. The first-order valence-corrected chi connectivity index (χ1v) is 8.04. The number of hydrogen-bond acceptors (Lipinski definition) is 5. The van der Waals surface area contributed by atoms with E-state index in [1.807, 2.05) is 22.8 Å². The van der Waals surface area contributed by atoms with Gasteiger partial charge in [0.25, 0.3) is 0 Å². The highest BCUT2D eigenvalue weighted by Gasteiger charge is 2.05. The maximum absolute atomic E-state index is 5.90. The van der Waals surface area contributed by atoms with Gasteiger partial charge >= 0.3 is 0 Å². The molecule has 0 amide bonds. The third kappa shape index (κ3) is 5.57. The number of thioether (sulfide) groups is 1. The number of methoxy groups -OCH3 is 1. The summed E-state index contributed by atoms with van der Waals surface area (Å²) in [5.74, 6) is 1.58. The Morgan fingerprint density at radius 1 is 1.33 bits per heavy atom. The average Bonchev–Trinajstić information content (AvgIpc) is 2.92. The SMILES string of the molecule is COCCCn1cnnc1SCCOc1cccc(Cl)c1. The highest BCUT2D eigenvalue weighted by Crippen LogP contribution is 2.19. The summed E-state index contributed by atoms with van der Waals surface area (Å²) in [5.41, 5.74) is 0. The van der Waals surface area contributed by atoms with E-state index in [1.165, 1.54) is 0 Å². The van der Waals surface area contributed by atoms with Gasteiger partial charge in [0, 0.05) is 31.0 Å². The summed E-state index contributed by atoms with van der Waals surface area (Å²) in [7, 11) is 1.70. The number of nitrogens with zero attached hydrogens (tertiary/aromatic N) is 3. The number of ether oxygens (including phenoxy) is 2. The average molecular weight is 328 g/mol. The Morgan fingerprint density at radius 3 is 3.05 bits per heavy atom. The lowest BCUT2D eigenvalue weighted by atomic mass is 10.3. The Balaban J connectivity index is 1.72. The van der Waals surface area contributed by atoms with Gasteiger partial charge in [0.1, 0.15) is 12.1 Å². The molecule has 0 bridgehead atoms. The normalized spacial score (nSPS) is 10.8. The minimum absolute atomic E-state index is 0.593. The molecule has 0 saturated carbocycles. The van der Waals surface area contributed by atoms with Gasteiger partial charge in [0.05, 0.1) is 6.61 Å². The zero-order valence-corrected chi connectivity index (χ0v) is 13.4. The topological polar surface area (TPSA) is 49.2 Å². The molecule has 0 atom stereocenters. The minimum Gasteiger partial charge on any atom is -0.493 e. The van der Waals surface area contributed by atoms with Gasteiger partial charge in [-0.05, 0) is 24.6 Å². The van der Waals surface area contributed by atoms with E-state index in [4.69, 9.17) is 21.1 Å². The molecule has 1 heterocycles. The van der Waals surface area contributed by atoms with Crippen molar-refractivity contribution in [1.82, 2.24) is 14.8 Å². The van der Waals surface area contributed by atoms with E-state index < -0.39 is 0 Å². The van der Waals surface area contributed by atoms with Crippen molar-refractivity contribution in [2.24, 2.45) is 0 Å². The summed E-state index contributed by atoms with van der Waals surface area (Å²) in [6, 6.07) is 7.40. The van der Waals surface area contributed by atoms with Crippen molar-refractivity contribution in [3.8, 4) is 5.75 Å². The molecule has 2 aromatic rings. The molecule has 0 N–H and O–H groups in total. The molecule has 0 fully saturated rings. The molecular weight excluding hydrogens is 310 g/mol. The van der Waals surface area contributed by atoms with E-state index in [9.17, 15) is 0 Å². The van der Waals surface area contributed by atoms with E-state index >= 15 is 0 Å². The fourth-order valence-corrected chi connectivity index (χ4v) is 2.68. The molecule has 21 heavy (non-hydrogen) atoms. The van der Waals surface area contributed by atoms with Gasteiger partial charge in [-0.3, -0.25) is 0 Å². The summed E-state index contributed by atoms with van der Waals surface area (Å²) in [6.45, 7) is 2.19. The molecule has 0 unspecified atom stereocenters. The third-order valence-corrected chi connectivity index (χ3v) is 3.89. The van der Waals surface area contributed by atoms with Crippen molar-refractivity contribution in [2.75, 3.05) is 26.1 Å². The molecule has 0 aliphatic rings. The number of aromatic nitrogens is 3. The van der Waals surface area contributed by atoms with Crippen LogP contribution in [0.1, 0.15) is 6.42 Å². The van der Waals surface area contributed by atoms with E-state index in [2.05, 4.69) is 10.2 Å². The number of halogens is 1. The van der Waals surface area contributed by atoms with Crippen LogP contribution in [0.3, 0.4) is 0 Å². The predicted molar refractivity (Wildman–Crippen MR) is 84.2 cm³/mol. The van der Waals surface area contributed by atoms with Gasteiger partial charge in [-0.1, -0.05) is 29.4 Å². The minimum atomic E-state index is 0.593. The largest absolute Gasteiger partial charge is 0.493 e. The Morgan fingerprint density at radius 2 is 2.24 bits per heavy atom. The van der Waals surface area contributed by atoms with Gasteiger partial charge in [0.2, 0.25) is 0 Å². The lowest BCUT2D eigenvalue weighted by Crippen LogP contribution is -2.04. The summed E-state index contributed by atoms with van der Waals surface area (Å²) < 4.78 is 12.7. The zero-order valence-electron chi connectivity index (χ0n) is 11.9. The Bertz CT molecular complexity index is 551. The number of hydrogen-bond donors (Lipinski definition) is 0. The van der Waals surface area contributed by atoms with E-state index in [1.54, 1.807) is 31.3 Å².